The molecule has 0 bridgehead atoms. The third-order valence-electron chi connectivity index (χ3n) is 2.27. The Hall–Kier alpha value is -2.06. The lowest BCUT2D eigenvalue weighted by Gasteiger charge is -2.12. The number of hydrogen-bond acceptors (Lipinski definition) is 7. The van der Waals surface area contributed by atoms with Crippen molar-refractivity contribution in [3.8, 4) is 0 Å². The first-order valence-corrected chi connectivity index (χ1v) is 6.80. The number of nitro groups is 1. The minimum Gasteiger partial charge on any atom is -0.382 e. The molecule has 21 heavy (non-hydrogen) atoms. The molecule has 0 aromatic carbocycles. The van der Waals surface area contributed by atoms with Crippen molar-refractivity contribution in [1.82, 2.24) is 15.7 Å². The zero-order chi connectivity index (χ0) is 15.5. The monoisotopic (exact) mass is 315 g/mol. The largest absolute Gasteiger partial charge is 0.382 e. The van der Waals surface area contributed by atoms with Gasteiger partial charge in [-0.1, -0.05) is 11.6 Å². The van der Waals surface area contributed by atoms with Gasteiger partial charge in [0.25, 0.3) is 6.20 Å². The Balaban J connectivity index is 2.43. The molecule has 1 aromatic heterocycles. The summed E-state index contributed by atoms with van der Waals surface area (Å²) in [5.41, 5.74) is 5.43. The minimum atomic E-state index is -0.547. The van der Waals surface area contributed by atoms with Crippen LogP contribution in [-0.4, -0.2) is 29.7 Å². The number of rotatable bonds is 10. The molecular formula is C12H18ClN5O3. The Bertz CT molecular complexity index is 466. The summed E-state index contributed by atoms with van der Waals surface area (Å²) >= 11 is 5.72. The maximum absolute atomic E-state index is 10.6. The standard InChI is InChI=1S/C12H18ClN5O3/c1-2-21-7-3-6-14-12(9-18(19)20)17-16-11-5-4-10(13)8-15-11/h4-5,8-9,14,17H,2-3,6-7H2,1H3,(H,15,16)/b12-9-. The topological polar surface area (TPSA) is 101 Å². The van der Waals surface area contributed by atoms with Crippen LogP contribution in [0.25, 0.3) is 0 Å². The maximum atomic E-state index is 10.6. The smallest absolute Gasteiger partial charge is 0.275 e. The van der Waals surface area contributed by atoms with Gasteiger partial charge in [-0.25, -0.2) is 4.98 Å². The van der Waals surface area contributed by atoms with Crippen LogP contribution in [0.1, 0.15) is 13.3 Å². The fourth-order valence-electron chi connectivity index (χ4n) is 1.35. The first-order valence-electron chi connectivity index (χ1n) is 6.42. The molecule has 116 valence electrons. The van der Waals surface area contributed by atoms with E-state index in [0.717, 1.165) is 12.6 Å². The second-order valence-corrected chi connectivity index (χ2v) is 4.35. The Morgan fingerprint density at radius 3 is 3.00 bits per heavy atom. The summed E-state index contributed by atoms with van der Waals surface area (Å²) in [4.78, 5) is 14.0. The van der Waals surface area contributed by atoms with Crippen LogP contribution < -0.4 is 16.2 Å². The van der Waals surface area contributed by atoms with Gasteiger partial charge in [-0.2, -0.15) is 0 Å². The summed E-state index contributed by atoms with van der Waals surface area (Å²) in [7, 11) is 0. The van der Waals surface area contributed by atoms with Gasteiger partial charge in [0.1, 0.15) is 5.82 Å². The van der Waals surface area contributed by atoms with E-state index in [1.807, 2.05) is 6.92 Å². The number of aromatic nitrogens is 1. The van der Waals surface area contributed by atoms with Crippen molar-refractivity contribution in [1.29, 1.82) is 0 Å². The van der Waals surface area contributed by atoms with Crippen molar-refractivity contribution in [2.45, 2.75) is 13.3 Å². The van der Waals surface area contributed by atoms with Crippen molar-refractivity contribution < 1.29 is 9.66 Å². The number of nitrogens with one attached hydrogen (secondary N) is 3. The van der Waals surface area contributed by atoms with Gasteiger partial charge in [-0.15, -0.1) is 0 Å². The van der Waals surface area contributed by atoms with Crippen LogP contribution >= 0.6 is 11.6 Å². The molecule has 0 fully saturated rings. The Kier molecular flexibility index (Phi) is 7.92. The second-order valence-electron chi connectivity index (χ2n) is 3.92. The van der Waals surface area contributed by atoms with Gasteiger partial charge in [0.15, 0.2) is 5.82 Å². The van der Waals surface area contributed by atoms with E-state index in [-0.39, 0.29) is 5.82 Å². The van der Waals surface area contributed by atoms with Gasteiger partial charge in [-0.3, -0.25) is 21.0 Å². The van der Waals surface area contributed by atoms with Crippen LogP contribution in [0.5, 0.6) is 0 Å². The zero-order valence-electron chi connectivity index (χ0n) is 11.6. The quantitative estimate of drug-likeness (QED) is 0.343. The van der Waals surface area contributed by atoms with Gasteiger partial charge in [0.2, 0.25) is 0 Å². The van der Waals surface area contributed by atoms with Crippen LogP contribution in [0.4, 0.5) is 5.82 Å². The molecule has 8 nitrogen and oxygen atoms in total. The Morgan fingerprint density at radius 1 is 1.57 bits per heavy atom. The average molecular weight is 316 g/mol. The summed E-state index contributed by atoms with van der Waals surface area (Å²) in [6.07, 6.45) is 3.05. The van der Waals surface area contributed by atoms with E-state index in [1.54, 1.807) is 12.1 Å². The third-order valence-corrected chi connectivity index (χ3v) is 2.50. The predicted octanol–water partition coefficient (Wildman–Crippen LogP) is 1.74. The van der Waals surface area contributed by atoms with E-state index >= 15 is 0 Å². The van der Waals surface area contributed by atoms with Gasteiger partial charge in [0, 0.05) is 26.0 Å². The number of halogens is 1. The van der Waals surface area contributed by atoms with Gasteiger partial charge >= 0.3 is 0 Å². The molecule has 0 amide bonds. The lowest BCUT2D eigenvalue weighted by Crippen LogP contribution is -2.32. The van der Waals surface area contributed by atoms with Crippen LogP contribution in [0, 0.1) is 10.1 Å². The molecule has 0 aliphatic carbocycles. The Labute approximate surface area is 127 Å². The van der Waals surface area contributed by atoms with Crippen LogP contribution in [0.15, 0.2) is 30.4 Å². The summed E-state index contributed by atoms with van der Waals surface area (Å²) in [5.74, 6) is 0.720. The van der Waals surface area contributed by atoms with Gasteiger partial charge < -0.3 is 10.1 Å². The van der Waals surface area contributed by atoms with Crippen molar-refractivity contribution in [2.24, 2.45) is 0 Å². The molecule has 1 aromatic rings. The molecule has 0 aliphatic heterocycles. The van der Waals surface area contributed by atoms with Crippen LogP contribution in [-0.2, 0) is 4.74 Å². The van der Waals surface area contributed by atoms with Crippen molar-refractivity contribution >= 4 is 17.4 Å². The van der Waals surface area contributed by atoms with E-state index in [4.69, 9.17) is 16.3 Å². The molecule has 0 saturated heterocycles. The molecule has 0 spiro atoms. The van der Waals surface area contributed by atoms with Crippen LogP contribution in [0.2, 0.25) is 5.02 Å². The Morgan fingerprint density at radius 2 is 2.38 bits per heavy atom. The van der Waals surface area contributed by atoms with E-state index in [2.05, 4.69) is 21.2 Å². The first kappa shape index (κ1) is 17.0. The summed E-state index contributed by atoms with van der Waals surface area (Å²) < 4.78 is 5.19. The fourth-order valence-corrected chi connectivity index (χ4v) is 1.46. The van der Waals surface area contributed by atoms with Gasteiger partial charge in [0.05, 0.1) is 9.95 Å². The van der Waals surface area contributed by atoms with Crippen LogP contribution in [0.3, 0.4) is 0 Å². The van der Waals surface area contributed by atoms with Gasteiger partial charge in [-0.05, 0) is 25.5 Å². The highest BCUT2D eigenvalue weighted by Gasteiger charge is 2.02. The third kappa shape index (κ3) is 7.95. The predicted molar refractivity (Wildman–Crippen MR) is 80.2 cm³/mol. The molecule has 0 atom stereocenters. The number of anilines is 1. The highest BCUT2D eigenvalue weighted by atomic mass is 35.5. The lowest BCUT2D eigenvalue weighted by atomic mass is 10.4. The van der Waals surface area contributed by atoms with Crippen molar-refractivity contribution in [3.63, 3.8) is 0 Å². The highest BCUT2D eigenvalue weighted by Crippen LogP contribution is 2.08. The summed E-state index contributed by atoms with van der Waals surface area (Å²) in [6.45, 7) is 3.71. The summed E-state index contributed by atoms with van der Waals surface area (Å²) in [6, 6.07) is 3.30. The van der Waals surface area contributed by atoms with E-state index < -0.39 is 4.92 Å². The molecule has 0 aliphatic rings. The fraction of sp³-hybridized carbons (Fsp3) is 0.417. The zero-order valence-corrected chi connectivity index (χ0v) is 12.4. The maximum Gasteiger partial charge on any atom is 0.275 e. The number of pyridine rings is 1. The van der Waals surface area contributed by atoms with E-state index in [1.165, 1.54) is 6.20 Å². The number of ether oxygens (including phenoxy) is 1. The molecule has 0 radical (unpaired) electrons. The number of hydrogen-bond donors (Lipinski definition) is 3. The van der Waals surface area contributed by atoms with Crippen molar-refractivity contribution in [2.75, 3.05) is 25.2 Å². The first-order chi connectivity index (χ1) is 10.1. The lowest BCUT2D eigenvalue weighted by molar-refractivity contribution is -0.404. The average Bonchev–Trinajstić information content (AvgIpc) is 2.45. The molecule has 3 N–H and O–H groups in total. The molecule has 0 unspecified atom stereocenters. The normalized spacial score (nSPS) is 11.0. The highest BCUT2D eigenvalue weighted by molar-refractivity contribution is 6.30. The van der Waals surface area contributed by atoms with E-state index in [9.17, 15) is 10.1 Å². The van der Waals surface area contributed by atoms with Crippen molar-refractivity contribution in [3.05, 3.63) is 45.5 Å². The number of nitrogens with zero attached hydrogens (tertiary/aromatic N) is 2. The van der Waals surface area contributed by atoms with E-state index in [0.29, 0.717) is 30.6 Å². The molecule has 9 heteroatoms. The molecule has 1 heterocycles. The summed E-state index contributed by atoms with van der Waals surface area (Å²) in [5, 5.41) is 14.0. The molecule has 1 rings (SSSR count). The molecule has 0 saturated carbocycles. The second kappa shape index (κ2) is 9.78. The molecular weight excluding hydrogens is 298 g/mol. The SMILES string of the molecule is CCOCCCN/C(=C/[N+](=O)[O-])NNc1ccc(Cl)cn1. The number of hydrazine groups is 1. The minimum absolute atomic E-state index is 0.230.